The zero-order valence-corrected chi connectivity index (χ0v) is 15.3. The van der Waals surface area contributed by atoms with Crippen LogP contribution in [-0.2, 0) is 26.2 Å². The van der Waals surface area contributed by atoms with Crippen molar-refractivity contribution >= 4 is 27.5 Å². The number of anilines is 1. The summed E-state index contributed by atoms with van der Waals surface area (Å²) in [7, 11) is -3.68. The van der Waals surface area contributed by atoms with Gasteiger partial charge in [-0.25, -0.2) is 13.1 Å². The first kappa shape index (κ1) is 18.3. The van der Waals surface area contributed by atoms with E-state index < -0.39 is 10.0 Å². The third kappa shape index (κ3) is 4.00. The number of piperidine rings is 1. The summed E-state index contributed by atoms with van der Waals surface area (Å²) in [5.41, 5.74) is 2.37. The molecule has 2 aromatic rings. The number of hydrogen-bond acceptors (Lipinski definition) is 4. The molecule has 1 N–H and O–H groups in total. The Bertz CT molecular complexity index is 903. The molecule has 1 saturated heterocycles. The van der Waals surface area contributed by atoms with Crippen molar-refractivity contribution in [3.8, 4) is 0 Å². The summed E-state index contributed by atoms with van der Waals surface area (Å²) in [4.78, 5) is 25.1. The van der Waals surface area contributed by atoms with Gasteiger partial charge in [-0.2, -0.15) is 0 Å². The summed E-state index contributed by atoms with van der Waals surface area (Å²) < 4.78 is 27.4. The van der Waals surface area contributed by atoms with Gasteiger partial charge in [0.25, 0.3) is 0 Å². The molecule has 0 unspecified atom stereocenters. The van der Waals surface area contributed by atoms with Gasteiger partial charge in [0.1, 0.15) is 0 Å². The minimum absolute atomic E-state index is 0.0882. The van der Waals surface area contributed by atoms with E-state index in [9.17, 15) is 18.0 Å². The number of nitrogens with zero attached hydrogens (tertiary/aromatic N) is 1. The average molecular weight is 372 g/mol. The lowest BCUT2D eigenvalue weighted by atomic mass is 10.1. The van der Waals surface area contributed by atoms with Gasteiger partial charge in [0, 0.05) is 19.4 Å². The molecule has 26 heavy (non-hydrogen) atoms. The topological polar surface area (TPSA) is 83.6 Å². The van der Waals surface area contributed by atoms with Gasteiger partial charge in [0.15, 0.2) is 0 Å². The highest BCUT2D eigenvalue weighted by Gasteiger charge is 2.27. The Hall–Kier alpha value is -2.51. The molecule has 0 aromatic heterocycles. The van der Waals surface area contributed by atoms with Crippen LogP contribution >= 0.6 is 0 Å². The fraction of sp³-hybridized carbons (Fsp3) is 0.263. The molecule has 3 rings (SSSR count). The van der Waals surface area contributed by atoms with E-state index in [1.165, 1.54) is 24.3 Å². The third-order valence-electron chi connectivity index (χ3n) is 4.27. The van der Waals surface area contributed by atoms with Crippen LogP contribution in [0.4, 0.5) is 5.69 Å². The molecule has 136 valence electrons. The van der Waals surface area contributed by atoms with Crippen molar-refractivity contribution in [1.82, 2.24) is 4.72 Å². The molecule has 0 spiro atoms. The van der Waals surface area contributed by atoms with Crippen LogP contribution in [0.1, 0.15) is 30.4 Å². The molecule has 6 nitrogen and oxygen atoms in total. The zero-order valence-electron chi connectivity index (χ0n) is 14.4. The molecule has 7 heteroatoms. The van der Waals surface area contributed by atoms with Crippen molar-refractivity contribution in [1.29, 1.82) is 0 Å². The van der Waals surface area contributed by atoms with Gasteiger partial charge in [-0.1, -0.05) is 29.8 Å². The lowest BCUT2D eigenvalue weighted by Crippen LogP contribution is -2.40. The van der Waals surface area contributed by atoms with E-state index in [1.54, 1.807) is 0 Å². The average Bonchev–Trinajstić information content (AvgIpc) is 2.62. The molecule has 2 amide bonds. The van der Waals surface area contributed by atoms with E-state index in [0.717, 1.165) is 16.0 Å². The lowest BCUT2D eigenvalue weighted by molar-refractivity contribution is -0.129. The van der Waals surface area contributed by atoms with E-state index in [2.05, 4.69) is 4.72 Å². The largest absolute Gasteiger partial charge is 0.274 e. The predicted octanol–water partition coefficient (Wildman–Crippen LogP) is 2.52. The van der Waals surface area contributed by atoms with E-state index in [0.29, 0.717) is 24.9 Å². The first-order chi connectivity index (χ1) is 12.4. The van der Waals surface area contributed by atoms with Crippen LogP contribution in [-0.4, -0.2) is 20.2 Å². The Morgan fingerprint density at radius 2 is 1.50 bits per heavy atom. The normalized spacial score (nSPS) is 15.3. The quantitative estimate of drug-likeness (QED) is 0.818. The standard InChI is InChI=1S/C19H20N2O4S/c1-14-5-7-15(8-6-14)13-20-26(24,25)17-11-9-16(10-12-17)21-18(22)3-2-4-19(21)23/h5-12,20H,2-4,13H2,1H3. The highest BCUT2D eigenvalue weighted by molar-refractivity contribution is 7.89. The van der Waals surface area contributed by atoms with Crippen LogP contribution in [0.25, 0.3) is 0 Å². The molecule has 1 aliphatic rings. The molecule has 1 aliphatic heterocycles. The van der Waals surface area contributed by atoms with Gasteiger partial charge in [0.05, 0.1) is 10.6 Å². The van der Waals surface area contributed by atoms with Gasteiger partial charge in [-0.15, -0.1) is 0 Å². The highest BCUT2D eigenvalue weighted by Crippen LogP contribution is 2.23. The number of aryl methyl sites for hydroxylation is 1. The Balaban J connectivity index is 1.73. The van der Waals surface area contributed by atoms with Gasteiger partial charge >= 0.3 is 0 Å². The van der Waals surface area contributed by atoms with Crippen LogP contribution in [0.3, 0.4) is 0 Å². The number of imide groups is 1. The van der Waals surface area contributed by atoms with E-state index in [-0.39, 0.29) is 23.3 Å². The van der Waals surface area contributed by atoms with Crippen molar-refractivity contribution in [2.75, 3.05) is 4.90 Å². The van der Waals surface area contributed by atoms with E-state index in [1.807, 2.05) is 31.2 Å². The molecular formula is C19H20N2O4S. The smallest absolute Gasteiger partial charge is 0.240 e. The number of carbonyl (C=O) groups is 2. The van der Waals surface area contributed by atoms with Crippen LogP contribution in [0.2, 0.25) is 0 Å². The molecular weight excluding hydrogens is 352 g/mol. The van der Waals surface area contributed by atoms with E-state index in [4.69, 9.17) is 0 Å². The second kappa shape index (κ2) is 7.39. The number of amides is 2. The Morgan fingerprint density at radius 3 is 2.08 bits per heavy atom. The third-order valence-corrected chi connectivity index (χ3v) is 5.69. The molecule has 0 bridgehead atoms. The maximum atomic E-state index is 12.4. The number of sulfonamides is 1. The SMILES string of the molecule is Cc1ccc(CNS(=O)(=O)c2ccc(N3C(=O)CCCC3=O)cc2)cc1. The van der Waals surface area contributed by atoms with Crippen LogP contribution in [0, 0.1) is 6.92 Å². The van der Waals surface area contributed by atoms with Gasteiger partial charge in [0.2, 0.25) is 21.8 Å². The zero-order chi connectivity index (χ0) is 18.7. The fourth-order valence-electron chi connectivity index (χ4n) is 2.78. The summed E-state index contributed by atoms with van der Waals surface area (Å²) in [5, 5.41) is 0. The number of hydrogen-bond donors (Lipinski definition) is 1. The summed E-state index contributed by atoms with van der Waals surface area (Å²) in [5.74, 6) is -0.510. The molecule has 0 radical (unpaired) electrons. The van der Waals surface area contributed by atoms with E-state index >= 15 is 0 Å². The van der Waals surface area contributed by atoms with Crippen LogP contribution < -0.4 is 9.62 Å². The molecule has 1 heterocycles. The molecule has 0 atom stereocenters. The molecule has 2 aromatic carbocycles. The summed E-state index contributed by atoms with van der Waals surface area (Å²) >= 11 is 0. The minimum Gasteiger partial charge on any atom is -0.274 e. The number of carbonyl (C=O) groups excluding carboxylic acids is 2. The number of rotatable bonds is 5. The second-order valence-corrected chi connectivity index (χ2v) is 8.05. The Morgan fingerprint density at radius 1 is 0.923 bits per heavy atom. The fourth-order valence-corrected chi connectivity index (χ4v) is 3.80. The Labute approximate surface area is 152 Å². The van der Waals surface area contributed by atoms with Crippen molar-refractivity contribution in [3.63, 3.8) is 0 Å². The summed E-state index contributed by atoms with van der Waals surface area (Å²) in [6.07, 6.45) is 1.21. The lowest BCUT2D eigenvalue weighted by Gasteiger charge is -2.24. The Kier molecular flexibility index (Phi) is 5.20. The first-order valence-corrected chi connectivity index (χ1v) is 9.86. The molecule has 1 fully saturated rings. The molecule has 0 aliphatic carbocycles. The second-order valence-electron chi connectivity index (χ2n) is 6.28. The van der Waals surface area contributed by atoms with Crippen molar-refractivity contribution < 1.29 is 18.0 Å². The van der Waals surface area contributed by atoms with Crippen LogP contribution in [0.5, 0.6) is 0 Å². The monoisotopic (exact) mass is 372 g/mol. The maximum Gasteiger partial charge on any atom is 0.240 e. The summed E-state index contributed by atoms with van der Waals surface area (Å²) in [6, 6.07) is 13.4. The van der Waals surface area contributed by atoms with Crippen molar-refractivity contribution in [2.24, 2.45) is 0 Å². The number of benzene rings is 2. The van der Waals surface area contributed by atoms with Gasteiger partial charge in [-0.3, -0.25) is 14.5 Å². The summed E-state index contributed by atoms with van der Waals surface area (Å²) in [6.45, 7) is 2.15. The molecule has 0 saturated carbocycles. The minimum atomic E-state index is -3.68. The van der Waals surface area contributed by atoms with Gasteiger partial charge < -0.3 is 0 Å². The first-order valence-electron chi connectivity index (χ1n) is 8.38. The predicted molar refractivity (Wildman–Crippen MR) is 98.0 cm³/mol. The number of nitrogens with one attached hydrogen (secondary N) is 1. The highest BCUT2D eigenvalue weighted by atomic mass is 32.2. The van der Waals surface area contributed by atoms with Crippen LogP contribution in [0.15, 0.2) is 53.4 Å². The van der Waals surface area contributed by atoms with Crippen molar-refractivity contribution in [3.05, 3.63) is 59.7 Å². The van der Waals surface area contributed by atoms with Crippen molar-refractivity contribution in [2.45, 2.75) is 37.6 Å². The van der Waals surface area contributed by atoms with Gasteiger partial charge in [-0.05, 0) is 43.2 Å². The maximum absolute atomic E-state index is 12.4.